The average Bonchev–Trinajstić information content (AvgIpc) is 2.89. The van der Waals surface area contributed by atoms with Crippen molar-refractivity contribution in [2.45, 2.75) is 58.0 Å². The molecule has 0 saturated heterocycles. The Morgan fingerprint density at radius 2 is 2.00 bits per heavy atom. The lowest BCUT2D eigenvalue weighted by Gasteiger charge is -2.17. The van der Waals surface area contributed by atoms with Gasteiger partial charge in [0.25, 0.3) is 5.91 Å². The number of nitrogens with one attached hydrogen (secondary N) is 2. The molecular weight excluding hydrogens is 314 g/mol. The minimum Gasteiger partial charge on any atom is -0.351 e. The summed E-state index contributed by atoms with van der Waals surface area (Å²) in [6.45, 7) is 2.32. The Kier molecular flexibility index (Phi) is 5.93. The molecule has 3 rings (SSSR count). The van der Waals surface area contributed by atoms with Gasteiger partial charge in [-0.3, -0.25) is 9.78 Å². The molecule has 0 aliphatic heterocycles. The summed E-state index contributed by atoms with van der Waals surface area (Å²) in [6, 6.07) is 5.90. The van der Waals surface area contributed by atoms with E-state index in [1.54, 1.807) is 18.5 Å². The van der Waals surface area contributed by atoms with E-state index in [-0.39, 0.29) is 5.91 Å². The van der Waals surface area contributed by atoms with Crippen LogP contribution in [0.15, 0.2) is 30.6 Å². The summed E-state index contributed by atoms with van der Waals surface area (Å²) in [7, 11) is 0. The number of aromatic nitrogens is 3. The highest BCUT2D eigenvalue weighted by Gasteiger charge is 2.15. The highest BCUT2D eigenvalue weighted by Crippen LogP contribution is 2.20. The Morgan fingerprint density at radius 3 is 2.72 bits per heavy atom. The van der Waals surface area contributed by atoms with E-state index in [9.17, 15) is 4.79 Å². The highest BCUT2D eigenvalue weighted by atomic mass is 16.1. The average molecular weight is 339 g/mol. The lowest BCUT2D eigenvalue weighted by molar-refractivity contribution is 0.0945. The standard InChI is InChI=1S/C19H25N5O/c1-14-11-17(18(25)21-13-15-7-6-10-20-12-15)24-19(22-14)23-16-8-4-2-3-5-9-16/h6-7,10-12,16H,2-5,8-9,13H2,1H3,(H,21,25)(H,22,23,24). The first-order valence-electron chi connectivity index (χ1n) is 9.00. The van der Waals surface area contributed by atoms with Crippen molar-refractivity contribution in [3.05, 3.63) is 47.5 Å². The number of anilines is 1. The van der Waals surface area contributed by atoms with Crippen LogP contribution < -0.4 is 10.6 Å². The van der Waals surface area contributed by atoms with Gasteiger partial charge in [0.05, 0.1) is 0 Å². The molecule has 2 heterocycles. The molecule has 25 heavy (non-hydrogen) atoms. The molecule has 6 heteroatoms. The van der Waals surface area contributed by atoms with Crippen molar-refractivity contribution in [2.24, 2.45) is 0 Å². The van der Waals surface area contributed by atoms with Crippen LogP contribution in [0.25, 0.3) is 0 Å². The van der Waals surface area contributed by atoms with E-state index in [1.807, 2.05) is 19.1 Å². The molecule has 2 N–H and O–H groups in total. The fraction of sp³-hybridized carbons (Fsp3) is 0.474. The maximum absolute atomic E-state index is 12.4. The zero-order valence-corrected chi connectivity index (χ0v) is 14.7. The molecular formula is C19H25N5O. The number of carbonyl (C=O) groups excluding carboxylic acids is 1. The number of nitrogens with zero attached hydrogens (tertiary/aromatic N) is 3. The third-order valence-electron chi connectivity index (χ3n) is 4.45. The topological polar surface area (TPSA) is 79.8 Å². The summed E-state index contributed by atoms with van der Waals surface area (Å²) in [4.78, 5) is 25.3. The Bertz CT molecular complexity index is 696. The van der Waals surface area contributed by atoms with E-state index in [2.05, 4.69) is 25.6 Å². The third-order valence-corrected chi connectivity index (χ3v) is 4.45. The van der Waals surface area contributed by atoms with Crippen LogP contribution in [0, 0.1) is 6.92 Å². The van der Waals surface area contributed by atoms with Crippen LogP contribution in [-0.4, -0.2) is 26.9 Å². The maximum atomic E-state index is 12.4. The normalized spacial score (nSPS) is 15.4. The largest absolute Gasteiger partial charge is 0.351 e. The van der Waals surface area contributed by atoms with E-state index < -0.39 is 0 Å². The number of amides is 1. The van der Waals surface area contributed by atoms with Crippen LogP contribution >= 0.6 is 0 Å². The molecule has 132 valence electrons. The van der Waals surface area contributed by atoms with Gasteiger partial charge in [-0.2, -0.15) is 0 Å². The van der Waals surface area contributed by atoms with Crippen LogP contribution in [0.1, 0.15) is 60.3 Å². The van der Waals surface area contributed by atoms with Gasteiger partial charge in [-0.15, -0.1) is 0 Å². The van der Waals surface area contributed by atoms with Crippen molar-refractivity contribution < 1.29 is 4.79 Å². The second-order valence-electron chi connectivity index (χ2n) is 6.59. The predicted octanol–water partition coefficient (Wildman–Crippen LogP) is 3.24. The van der Waals surface area contributed by atoms with Crippen molar-refractivity contribution in [2.75, 3.05) is 5.32 Å². The monoisotopic (exact) mass is 339 g/mol. The number of aryl methyl sites for hydroxylation is 1. The highest BCUT2D eigenvalue weighted by molar-refractivity contribution is 5.92. The molecule has 1 fully saturated rings. The zero-order valence-electron chi connectivity index (χ0n) is 14.7. The summed E-state index contributed by atoms with van der Waals surface area (Å²) in [5.74, 6) is 0.358. The minimum absolute atomic E-state index is 0.196. The fourth-order valence-corrected chi connectivity index (χ4v) is 3.13. The van der Waals surface area contributed by atoms with E-state index in [1.165, 1.54) is 25.7 Å². The quantitative estimate of drug-likeness (QED) is 0.818. The van der Waals surface area contributed by atoms with Gasteiger partial charge >= 0.3 is 0 Å². The molecule has 6 nitrogen and oxygen atoms in total. The Morgan fingerprint density at radius 1 is 1.20 bits per heavy atom. The van der Waals surface area contributed by atoms with Crippen LogP contribution in [0.2, 0.25) is 0 Å². The molecule has 1 aliphatic rings. The van der Waals surface area contributed by atoms with Gasteiger partial charge in [-0.25, -0.2) is 9.97 Å². The SMILES string of the molecule is Cc1cc(C(=O)NCc2cccnc2)nc(NC2CCCCCC2)n1. The van der Waals surface area contributed by atoms with Crippen molar-refractivity contribution in [1.29, 1.82) is 0 Å². The van der Waals surface area contributed by atoms with E-state index in [4.69, 9.17) is 0 Å². The van der Waals surface area contributed by atoms with Gasteiger partial charge in [0.1, 0.15) is 5.69 Å². The van der Waals surface area contributed by atoms with Gasteiger partial charge in [0.15, 0.2) is 0 Å². The zero-order chi connectivity index (χ0) is 17.5. The summed E-state index contributed by atoms with van der Waals surface area (Å²) in [6.07, 6.45) is 10.8. The Balaban J connectivity index is 1.64. The van der Waals surface area contributed by atoms with Gasteiger partial charge in [-0.1, -0.05) is 31.7 Å². The van der Waals surface area contributed by atoms with Gasteiger partial charge < -0.3 is 10.6 Å². The first-order chi connectivity index (χ1) is 12.2. The molecule has 0 bridgehead atoms. The lowest BCUT2D eigenvalue weighted by Crippen LogP contribution is -2.26. The van der Waals surface area contributed by atoms with Crippen LogP contribution in [0.3, 0.4) is 0 Å². The van der Waals surface area contributed by atoms with Gasteiger partial charge in [0.2, 0.25) is 5.95 Å². The van der Waals surface area contributed by atoms with Gasteiger partial charge in [0, 0.05) is 30.7 Å². The molecule has 1 saturated carbocycles. The smallest absolute Gasteiger partial charge is 0.270 e. The second-order valence-corrected chi connectivity index (χ2v) is 6.59. The summed E-state index contributed by atoms with van der Waals surface area (Å²) < 4.78 is 0. The molecule has 2 aromatic rings. The molecule has 1 amide bonds. The van der Waals surface area contributed by atoms with E-state index in [0.717, 1.165) is 24.1 Å². The molecule has 0 unspecified atom stereocenters. The Labute approximate surface area is 148 Å². The number of pyridine rings is 1. The Hall–Kier alpha value is -2.50. The van der Waals surface area contributed by atoms with Crippen molar-refractivity contribution >= 4 is 11.9 Å². The maximum Gasteiger partial charge on any atom is 0.270 e. The van der Waals surface area contributed by atoms with Gasteiger partial charge in [-0.05, 0) is 37.5 Å². The van der Waals surface area contributed by atoms with Crippen LogP contribution in [0.4, 0.5) is 5.95 Å². The summed E-state index contributed by atoms with van der Waals surface area (Å²) >= 11 is 0. The van der Waals surface area contributed by atoms with Crippen LogP contribution in [0.5, 0.6) is 0 Å². The molecule has 0 atom stereocenters. The summed E-state index contributed by atoms with van der Waals surface area (Å²) in [5, 5.41) is 6.30. The van der Waals surface area contributed by atoms with E-state index in [0.29, 0.717) is 24.2 Å². The lowest BCUT2D eigenvalue weighted by atomic mass is 10.1. The third kappa shape index (κ3) is 5.24. The number of hydrogen-bond acceptors (Lipinski definition) is 5. The first-order valence-corrected chi connectivity index (χ1v) is 9.00. The molecule has 0 aromatic carbocycles. The summed E-state index contributed by atoms with van der Waals surface area (Å²) in [5.41, 5.74) is 2.14. The fourth-order valence-electron chi connectivity index (χ4n) is 3.13. The number of carbonyl (C=O) groups is 1. The molecule has 2 aromatic heterocycles. The van der Waals surface area contributed by atoms with E-state index >= 15 is 0 Å². The predicted molar refractivity (Wildman–Crippen MR) is 97.3 cm³/mol. The number of rotatable bonds is 5. The second kappa shape index (κ2) is 8.55. The molecule has 0 radical (unpaired) electrons. The molecule has 1 aliphatic carbocycles. The first kappa shape index (κ1) is 17.3. The van der Waals surface area contributed by atoms with Crippen molar-refractivity contribution in [3.63, 3.8) is 0 Å². The van der Waals surface area contributed by atoms with Crippen molar-refractivity contribution in [3.8, 4) is 0 Å². The molecule has 0 spiro atoms. The van der Waals surface area contributed by atoms with Crippen molar-refractivity contribution in [1.82, 2.24) is 20.3 Å². The minimum atomic E-state index is -0.196. The number of hydrogen-bond donors (Lipinski definition) is 2. The van der Waals surface area contributed by atoms with Crippen LogP contribution in [-0.2, 0) is 6.54 Å².